The summed E-state index contributed by atoms with van der Waals surface area (Å²) in [6.45, 7) is 2.26. The number of benzene rings is 1. The van der Waals surface area contributed by atoms with E-state index in [1.165, 1.54) is 12.1 Å². The van der Waals surface area contributed by atoms with Crippen LogP contribution in [0, 0.1) is 0 Å². The average Bonchev–Trinajstić information content (AvgIpc) is 2.07. The summed E-state index contributed by atoms with van der Waals surface area (Å²) < 4.78 is 39.1. The number of ether oxygens (including phenoxy) is 1. The van der Waals surface area contributed by atoms with Gasteiger partial charge in [-0.1, -0.05) is 0 Å². The summed E-state index contributed by atoms with van der Waals surface area (Å²) in [6.07, 6.45) is 0. The van der Waals surface area contributed by atoms with Gasteiger partial charge in [-0.2, -0.15) is 8.42 Å². The minimum absolute atomic E-state index is 0.382. The molecule has 0 aliphatic heterocycles. The molecule has 1 rings (SSSR count). The molecule has 0 aliphatic carbocycles. The van der Waals surface area contributed by atoms with Crippen molar-refractivity contribution >= 4 is 26.2 Å². The Morgan fingerprint density at radius 2 is 2.14 bits per heavy atom. The highest BCUT2D eigenvalue weighted by molar-refractivity contribution is 9.10. The third-order valence-electron chi connectivity index (χ3n) is 1.48. The summed E-state index contributed by atoms with van der Waals surface area (Å²) in [7, 11) is -4.64. The fraction of sp³-hybridized carbons (Fsp3) is 0.250. The fourth-order valence-electron chi connectivity index (χ4n) is 0.906. The molecule has 78 valence electrons. The minimum Gasteiger partial charge on any atom is -0.493 e. The molecule has 0 aromatic heterocycles. The van der Waals surface area contributed by atoms with Gasteiger partial charge in [-0.3, -0.25) is 0 Å². The van der Waals surface area contributed by atoms with E-state index in [2.05, 4.69) is 15.9 Å². The Morgan fingerprint density at radius 3 is 2.57 bits per heavy atom. The van der Waals surface area contributed by atoms with E-state index in [1.54, 1.807) is 6.92 Å². The Hall–Kier alpha value is -0.620. The highest BCUT2D eigenvalue weighted by Gasteiger charge is 2.13. The molecule has 0 saturated carbocycles. The summed E-state index contributed by atoms with van der Waals surface area (Å²) >= 11 is 3.08. The lowest BCUT2D eigenvalue weighted by Gasteiger charge is -2.05. The van der Waals surface area contributed by atoms with Gasteiger partial charge in [0.2, 0.25) is 0 Å². The standard InChI is InChI=1S/C8H8BrFO3S/c1-2-13-8-4-3-6(5-7(8)9)14(10,11)12/h3-5H,2H2,1H3. The first-order chi connectivity index (χ1) is 6.45. The lowest BCUT2D eigenvalue weighted by atomic mass is 10.3. The van der Waals surface area contributed by atoms with Crippen LogP contribution in [-0.4, -0.2) is 15.0 Å². The molecule has 0 radical (unpaired) electrons. The molecule has 0 spiro atoms. The second-order valence-electron chi connectivity index (χ2n) is 2.46. The predicted molar refractivity (Wildman–Crippen MR) is 53.6 cm³/mol. The first-order valence-corrected chi connectivity index (χ1v) is 6.00. The summed E-state index contributed by atoms with van der Waals surface area (Å²) in [4.78, 5) is -0.382. The number of halogens is 2. The van der Waals surface area contributed by atoms with Crippen molar-refractivity contribution < 1.29 is 17.0 Å². The molecule has 14 heavy (non-hydrogen) atoms. The Bertz CT molecular complexity index is 430. The molecule has 0 N–H and O–H groups in total. The zero-order valence-electron chi connectivity index (χ0n) is 7.33. The normalized spacial score (nSPS) is 11.4. The lowest BCUT2D eigenvalue weighted by Crippen LogP contribution is -1.95. The zero-order chi connectivity index (χ0) is 10.8. The van der Waals surface area contributed by atoms with E-state index in [1.807, 2.05) is 0 Å². The Kier molecular flexibility index (Phi) is 3.49. The van der Waals surface area contributed by atoms with Gasteiger partial charge >= 0.3 is 10.2 Å². The summed E-state index contributed by atoms with van der Waals surface area (Å²) in [5, 5.41) is 0. The molecule has 0 heterocycles. The monoisotopic (exact) mass is 282 g/mol. The van der Waals surface area contributed by atoms with Crippen LogP contribution in [0.15, 0.2) is 27.6 Å². The Labute approximate surface area is 90.2 Å². The van der Waals surface area contributed by atoms with Gasteiger partial charge in [0.05, 0.1) is 16.0 Å². The van der Waals surface area contributed by atoms with Crippen molar-refractivity contribution in [3.05, 3.63) is 22.7 Å². The molecule has 0 bridgehead atoms. The van der Waals surface area contributed by atoms with Gasteiger partial charge in [0, 0.05) is 0 Å². The molecule has 1 aromatic carbocycles. The quantitative estimate of drug-likeness (QED) is 0.800. The van der Waals surface area contributed by atoms with E-state index < -0.39 is 10.2 Å². The molecule has 0 unspecified atom stereocenters. The van der Waals surface area contributed by atoms with Crippen molar-refractivity contribution in [1.82, 2.24) is 0 Å². The van der Waals surface area contributed by atoms with Crippen LogP contribution in [0.2, 0.25) is 0 Å². The van der Waals surface area contributed by atoms with E-state index >= 15 is 0 Å². The molecule has 0 saturated heterocycles. The van der Waals surface area contributed by atoms with Crippen LogP contribution < -0.4 is 4.74 Å². The van der Waals surface area contributed by atoms with Crippen LogP contribution in [0.4, 0.5) is 3.89 Å². The Morgan fingerprint density at radius 1 is 1.50 bits per heavy atom. The number of rotatable bonds is 3. The van der Waals surface area contributed by atoms with E-state index in [0.29, 0.717) is 16.8 Å². The zero-order valence-corrected chi connectivity index (χ0v) is 9.73. The third kappa shape index (κ3) is 2.68. The fourth-order valence-corrected chi connectivity index (χ4v) is 2.04. The van der Waals surface area contributed by atoms with Crippen LogP contribution in [0.5, 0.6) is 5.75 Å². The van der Waals surface area contributed by atoms with E-state index in [0.717, 1.165) is 6.07 Å². The molecule has 6 heteroatoms. The average molecular weight is 283 g/mol. The number of hydrogen-bond acceptors (Lipinski definition) is 3. The minimum atomic E-state index is -4.64. The third-order valence-corrected chi connectivity index (χ3v) is 2.92. The lowest BCUT2D eigenvalue weighted by molar-refractivity contribution is 0.338. The molecule has 0 aliphatic rings. The van der Waals surface area contributed by atoms with Gasteiger partial charge in [0.1, 0.15) is 5.75 Å². The van der Waals surface area contributed by atoms with Gasteiger partial charge in [-0.25, -0.2) is 0 Å². The van der Waals surface area contributed by atoms with Crippen LogP contribution in [0.25, 0.3) is 0 Å². The van der Waals surface area contributed by atoms with Gasteiger partial charge in [0.15, 0.2) is 0 Å². The first kappa shape index (κ1) is 11.5. The van der Waals surface area contributed by atoms with E-state index in [-0.39, 0.29) is 4.90 Å². The van der Waals surface area contributed by atoms with Crippen molar-refractivity contribution in [2.75, 3.05) is 6.61 Å². The molecule has 0 fully saturated rings. The maximum Gasteiger partial charge on any atom is 0.332 e. The van der Waals surface area contributed by atoms with Crippen LogP contribution in [-0.2, 0) is 10.2 Å². The van der Waals surface area contributed by atoms with Crippen LogP contribution in [0.1, 0.15) is 6.92 Å². The number of hydrogen-bond donors (Lipinski definition) is 0. The second kappa shape index (κ2) is 4.27. The van der Waals surface area contributed by atoms with Crippen LogP contribution >= 0.6 is 15.9 Å². The maximum absolute atomic E-state index is 12.5. The van der Waals surface area contributed by atoms with Crippen molar-refractivity contribution in [2.45, 2.75) is 11.8 Å². The highest BCUT2D eigenvalue weighted by atomic mass is 79.9. The summed E-state index contributed by atoms with van der Waals surface area (Å²) in [5.41, 5.74) is 0. The van der Waals surface area contributed by atoms with Gasteiger partial charge < -0.3 is 4.74 Å². The molecule has 3 nitrogen and oxygen atoms in total. The van der Waals surface area contributed by atoms with Gasteiger partial charge in [-0.15, -0.1) is 3.89 Å². The van der Waals surface area contributed by atoms with Crippen LogP contribution in [0.3, 0.4) is 0 Å². The van der Waals surface area contributed by atoms with Crippen molar-refractivity contribution in [2.24, 2.45) is 0 Å². The predicted octanol–water partition coefficient (Wildman–Crippen LogP) is 2.51. The van der Waals surface area contributed by atoms with Gasteiger partial charge in [0.25, 0.3) is 0 Å². The summed E-state index contributed by atoms with van der Waals surface area (Å²) in [6, 6.07) is 3.73. The van der Waals surface area contributed by atoms with Crippen molar-refractivity contribution in [3.8, 4) is 5.75 Å². The second-order valence-corrected chi connectivity index (χ2v) is 4.66. The van der Waals surface area contributed by atoms with Crippen molar-refractivity contribution in [1.29, 1.82) is 0 Å². The topological polar surface area (TPSA) is 43.4 Å². The summed E-state index contributed by atoms with van der Waals surface area (Å²) in [5.74, 6) is 0.486. The largest absolute Gasteiger partial charge is 0.493 e. The molecule has 1 aromatic rings. The molecule has 0 amide bonds. The first-order valence-electron chi connectivity index (χ1n) is 3.82. The van der Waals surface area contributed by atoms with Crippen molar-refractivity contribution in [3.63, 3.8) is 0 Å². The Balaban J connectivity index is 3.13. The SMILES string of the molecule is CCOc1ccc(S(=O)(=O)F)cc1Br. The molecular formula is C8H8BrFO3S. The van der Waals surface area contributed by atoms with E-state index in [4.69, 9.17) is 4.74 Å². The molecular weight excluding hydrogens is 275 g/mol. The van der Waals surface area contributed by atoms with E-state index in [9.17, 15) is 12.3 Å². The molecule has 0 atom stereocenters. The maximum atomic E-state index is 12.5. The smallest absolute Gasteiger partial charge is 0.332 e. The highest BCUT2D eigenvalue weighted by Crippen LogP contribution is 2.28. The van der Waals surface area contributed by atoms with Gasteiger partial charge in [-0.05, 0) is 41.1 Å².